The maximum Gasteiger partial charge on any atom is 0.244 e. The highest BCUT2D eigenvalue weighted by Crippen LogP contribution is 2.30. The quantitative estimate of drug-likeness (QED) is 0.425. The summed E-state index contributed by atoms with van der Waals surface area (Å²) in [6.07, 6.45) is 3.24. The van der Waals surface area contributed by atoms with Gasteiger partial charge in [0.05, 0.1) is 25.0 Å². The van der Waals surface area contributed by atoms with Gasteiger partial charge in [-0.3, -0.25) is 4.79 Å². The lowest BCUT2D eigenvalue weighted by atomic mass is 10.1. The van der Waals surface area contributed by atoms with Crippen LogP contribution >= 0.6 is 0 Å². The minimum Gasteiger partial charge on any atom is -0.493 e. The van der Waals surface area contributed by atoms with Gasteiger partial charge in [-0.05, 0) is 55.7 Å². The third kappa shape index (κ3) is 6.95. The number of nitrogens with one attached hydrogen (secondary N) is 1. The van der Waals surface area contributed by atoms with Gasteiger partial charge in [-0.1, -0.05) is 35.5 Å². The van der Waals surface area contributed by atoms with Crippen LogP contribution in [0, 0.1) is 13.8 Å². The van der Waals surface area contributed by atoms with Crippen molar-refractivity contribution >= 4 is 12.0 Å². The second-order valence-corrected chi connectivity index (χ2v) is 7.51. The molecule has 1 N–H and O–H groups in total. The maximum absolute atomic E-state index is 12.2. The summed E-state index contributed by atoms with van der Waals surface area (Å²) in [7, 11) is 1.58. The molecule has 0 aliphatic carbocycles. The molecule has 0 radical (unpaired) electrons. The summed E-state index contributed by atoms with van der Waals surface area (Å²) in [4.78, 5) is 12.2. The van der Waals surface area contributed by atoms with Gasteiger partial charge in [0.25, 0.3) is 0 Å². The summed E-state index contributed by atoms with van der Waals surface area (Å²) < 4.78 is 21.9. The molecule has 0 bridgehead atoms. The largest absolute Gasteiger partial charge is 0.493 e. The highest BCUT2D eigenvalue weighted by molar-refractivity contribution is 5.91. The van der Waals surface area contributed by atoms with Gasteiger partial charge in [0.15, 0.2) is 11.5 Å². The van der Waals surface area contributed by atoms with Crippen LogP contribution in [-0.2, 0) is 29.3 Å². The molecule has 0 saturated heterocycles. The number of amides is 1. The first kappa shape index (κ1) is 24.1. The monoisotopic (exact) mass is 450 g/mol. The number of carbonyl (C=O) groups excluding carboxylic acids is 1. The van der Waals surface area contributed by atoms with Gasteiger partial charge >= 0.3 is 0 Å². The van der Waals surface area contributed by atoms with E-state index in [1.165, 1.54) is 6.08 Å². The Hall–Kier alpha value is -3.58. The second-order valence-electron chi connectivity index (χ2n) is 7.51. The van der Waals surface area contributed by atoms with E-state index in [4.69, 9.17) is 18.7 Å². The van der Waals surface area contributed by atoms with Crippen LogP contribution in [0.5, 0.6) is 11.5 Å². The second kappa shape index (κ2) is 11.9. The van der Waals surface area contributed by atoms with Crippen molar-refractivity contribution in [1.82, 2.24) is 10.5 Å². The van der Waals surface area contributed by atoms with Crippen LogP contribution in [0.2, 0.25) is 0 Å². The summed E-state index contributed by atoms with van der Waals surface area (Å²) in [6.45, 7) is 7.78. The zero-order chi connectivity index (χ0) is 23.6. The fourth-order valence-electron chi connectivity index (χ4n) is 3.16. The number of rotatable bonds is 11. The molecule has 7 heteroatoms. The van der Waals surface area contributed by atoms with Crippen LogP contribution in [0.4, 0.5) is 0 Å². The van der Waals surface area contributed by atoms with E-state index in [0.717, 1.165) is 33.7 Å². The molecular formula is C26H30N2O5. The Balaban J connectivity index is 1.54. The number of ether oxygens (including phenoxy) is 3. The van der Waals surface area contributed by atoms with E-state index < -0.39 is 0 Å². The van der Waals surface area contributed by atoms with Gasteiger partial charge in [0, 0.05) is 19.2 Å². The van der Waals surface area contributed by atoms with E-state index in [0.29, 0.717) is 37.9 Å². The van der Waals surface area contributed by atoms with Crippen molar-refractivity contribution in [2.24, 2.45) is 0 Å². The number of aromatic nitrogens is 1. The van der Waals surface area contributed by atoms with E-state index in [1.807, 2.05) is 63.2 Å². The Morgan fingerprint density at radius 3 is 2.48 bits per heavy atom. The van der Waals surface area contributed by atoms with Gasteiger partial charge in [-0.25, -0.2) is 0 Å². The Morgan fingerprint density at radius 2 is 1.82 bits per heavy atom. The molecule has 33 heavy (non-hydrogen) atoms. The molecule has 0 unspecified atom stereocenters. The van der Waals surface area contributed by atoms with Gasteiger partial charge in [-0.2, -0.15) is 0 Å². The molecule has 1 aromatic heterocycles. The minimum absolute atomic E-state index is 0.175. The van der Waals surface area contributed by atoms with Crippen molar-refractivity contribution in [2.45, 2.75) is 40.5 Å². The van der Waals surface area contributed by atoms with E-state index in [2.05, 4.69) is 10.5 Å². The highest BCUT2D eigenvalue weighted by atomic mass is 16.5. The standard InChI is InChI=1S/C26H30N2O5/c1-5-31-16-22-8-6-21(7-9-22)15-27-26(29)13-11-20-10-12-24(25(14-20)30-4)32-17-23-18(2)28-33-19(23)3/h6-14H,5,15-17H2,1-4H3,(H,27,29)/b13-11+. The fraction of sp³-hybridized carbons (Fsp3) is 0.308. The maximum atomic E-state index is 12.2. The molecule has 1 heterocycles. The average Bonchev–Trinajstić information content (AvgIpc) is 3.16. The van der Waals surface area contributed by atoms with Crippen LogP contribution in [-0.4, -0.2) is 24.8 Å². The van der Waals surface area contributed by atoms with Gasteiger partial charge in [-0.15, -0.1) is 0 Å². The SMILES string of the molecule is CCOCc1ccc(CNC(=O)/C=C/c2ccc(OCc3c(C)noc3C)c(OC)c2)cc1. The third-order valence-electron chi connectivity index (χ3n) is 5.13. The first-order valence-electron chi connectivity index (χ1n) is 10.8. The summed E-state index contributed by atoms with van der Waals surface area (Å²) >= 11 is 0. The summed E-state index contributed by atoms with van der Waals surface area (Å²) in [5.41, 5.74) is 4.69. The normalized spacial score (nSPS) is 11.0. The van der Waals surface area contributed by atoms with Gasteiger partial charge in [0.1, 0.15) is 12.4 Å². The number of hydrogen-bond acceptors (Lipinski definition) is 6. The lowest BCUT2D eigenvalue weighted by molar-refractivity contribution is -0.116. The molecule has 3 aromatic rings. The number of carbonyl (C=O) groups is 1. The molecule has 174 valence electrons. The zero-order valence-corrected chi connectivity index (χ0v) is 19.5. The molecule has 0 spiro atoms. The summed E-state index contributed by atoms with van der Waals surface area (Å²) in [5.74, 6) is 1.74. The van der Waals surface area contributed by atoms with E-state index >= 15 is 0 Å². The average molecular weight is 451 g/mol. The Bertz CT molecular complexity index is 1070. The van der Waals surface area contributed by atoms with Gasteiger partial charge < -0.3 is 24.1 Å². The van der Waals surface area contributed by atoms with Crippen molar-refractivity contribution in [3.63, 3.8) is 0 Å². The van der Waals surface area contributed by atoms with Crippen molar-refractivity contribution in [2.75, 3.05) is 13.7 Å². The van der Waals surface area contributed by atoms with Crippen LogP contribution in [0.15, 0.2) is 53.1 Å². The third-order valence-corrected chi connectivity index (χ3v) is 5.13. The Kier molecular flexibility index (Phi) is 8.66. The first-order valence-corrected chi connectivity index (χ1v) is 10.8. The molecule has 0 aliphatic heterocycles. The predicted octanol–water partition coefficient (Wildman–Crippen LogP) is 4.75. The molecular weight excluding hydrogens is 420 g/mol. The van der Waals surface area contributed by atoms with Crippen molar-refractivity contribution in [1.29, 1.82) is 0 Å². The molecule has 1 amide bonds. The lowest BCUT2D eigenvalue weighted by Crippen LogP contribution is -2.20. The number of benzene rings is 2. The van der Waals surface area contributed by atoms with E-state index in [1.54, 1.807) is 13.2 Å². The molecule has 2 aromatic carbocycles. The predicted molar refractivity (Wildman–Crippen MR) is 126 cm³/mol. The van der Waals surface area contributed by atoms with Gasteiger partial charge in [0.2, 0.25) is 5.91 Å². The van der Waals surface area contributed by atoms with Crippen LogP contribution in [0.25, 0.3) is 6.08 Å². The fourth-order valence-corrected chi connectivity index (χ4v) is 3.16. The molecule has 0 aliphatic rings. The Morgan fingerprint density at radius 1 is 1.06 bits per heavy atom. The number of methoxy groups -OCH3 is 1. The number of nitrogens with zero attached hydrogens (tertiary/aromatic N) is 1. The summed E-state index contributed by atoms with van der Waals surface area (Å²) in [5, 5.41) is 6.83. The molecule has 0 atom stereocenters. The van der Waals surface area contributed by atoms with Crippen LogP contribution < -0.4 is 14.8 Å². The molecule has 0 fully saturated rings. The zero-order valence-electron chi connectivity index (χ0n) is 19.5. The topological polar surface area (TPSA) is 82.8 Å². The highest BCUT2D eigenvalue weighted by Gasteiger charge is 2.12. The van der Waals surface area contributed by atoms with Crippen LogP contribution in [0.3, 0.4) is 0 Å². The minimum atomic E-state index is -0.175. The number of hydrogen-bond donors (Lipinski definition) is 1. The van der Waals surface area contributed by atoms with E-state index in [-0.39, 0.29) is 5.91 Å². The van der Waals surface area contributed by atoms with Crippen molar-refractivity contribution in [3.8, 4) is 11.5 Å². The van der Waals surface area contributed by atoms with Crippen LogP contribution in [0.1, 0.15) is 40.6 Å². The van der Waals surface area contributed by atoms with E-state index in [9.17, 15) is 4.79 Å². The number of aryl methyl sites for hydroxylation is 2. The first-order chi connectivity index (χ1) is 16.0. The molecule has 3 rings (SSSR count). The van der Waals surface area contributed by atoms with Crippen molar-refractivity contribution < 1.29 is 23.5 Å². The van der Waals surface area contributed by atoms with Crippen molar-refractivity contribution in [3.05, 3.63) is 82.2 Å². The lowest BCUT2D eigenvalue weighted by Gasteiger charge is -2.11. The summed E-state index contributed by atoms with van der Waals surface area (Å²) in [6, 6.07) is 13.5. The Labute approximate surface area is 194 Å². The molecule has 7 nitrogen and oxygen atoms in total. The smallest absolute Gasteiger partial charge is 0.244 e. The molecule has 0 saturated carbocycles.